The van der Waals surface area contributed by atoms with Crippen LogP contribution in [0.3, 0.4) is 0 Å². The van der Waals surface area contributed by atoms with Crippen LogP contribution in [0.1, 0.15) is 35.8 Å². The molecule has 0 radical (unpaired) electrons. The number of nitrogens with zero attached hydrogens (tertiary/aromatic N) is 2. The van der Waals surface area contributed by atoms with Gasteiger partial charge in [-0.2, -0.15) is 10.2 Å². The number of rotatable bonds is 4. The van der Waals surface area contributed by atoms with E-state index in [1.807, 2.05) is 0 Å². The van der Waals surface area contributed by atoms with Gasteiger partial charge in [0.05, 0.1) is 28.4 Å². The van der Waals surface area contributed by atoms with Gasteiger partial charge in [0.15, 0.2) is 0 Å². The van der Waals surface area contributed by atoms with Crippen molar-refractivity contribution in [1.29, 1.82) is 0 Å². The van der Waals surface area contributed by atoms with Crippen LogP contribution < -0.4 is 0 Å². The average molecular weight is 323 g/mol. The second-order valence-corrected chi connectivity index (χ2v) is 5.08. The number of hydrogen-bond acceptors (Lipinski definition) is 4. The molecule has 1 heterocycles. The summed E-state index contributed by atoms with van der Waals surface area (Å²) in [7, 11) is 1.37. The van der Waals surface area contributed by atoms with Crippen LogP contribution in [0.15, 0.2) is 22.7 Å². The third-order valence-corrected chi connectivity index (χ3v) is 3.84. The van der Waals surface area contributed by atoms with E-state index in [9.17, 15) is 4.79 Å². The molecule has 4 nitrogen and oxygen atoms in total. The Balaban J connectivity index is 2.49. The zero-order valence-corrected chi connectivity index (χ0v) is 12.5. The van der Waals surface area contributed by atoms with Gasteiger partial charge in [-0.15, -0.1) is 0 Å². The SMILES string of the molecule is CCCCc1nnc2ccc(C(=O)OC)cc2c1Br. The summed E-state index contributed by atoms with van der Waals surface area (Å²) in [5.74, 6) is -0.347. The topological polar surface area (TPSA) is 52.1 Å². The molecule has 0 amide bonds. The minimum absolute atomic E-state index is 0.347. The Morgan fingerprint density at radius 3 is 2.84 bits per heavy atom. The number of esters is 1. The largest absolute Gasteiger partial charge is 0.465 e. The van der Waals surface area contributed by atoms with Crippen LogP contribution in [0.4, 0.5) is 0 Å². The van der Waals surface area contributed by atoms with Gasteiger partial charge in [0.2, 0.25) is 0 Å². The normalized spacial score (nSPS) is 10.7. The zero-order valence-electron chi connectivity index (χ0n) is 10.9. The van der Waals surface area contributed by atoms with Crippen molar-refractivity contribution in [2.45, 2.75) is 26.2 Å². The molecule has 0 aliphatic rings. The second kappa shape index (κ2) is 6.10. The number of ether oxygens (including phenoxy) is 1. The van der Waals surface area contributed by atoms with E-state index in [0.717, 1.165) is 40.3 Å². The fraction of sp³-hybridized carbons (Fsp3) is 0.357. The molecule has 1 aromatic carbocycles. The Kier molecular flexibility index (Phi) is 4.47. The maximum Gasteiger partial charge on any atom is 0.337 e. The molecular formula is C14H15BrN2O2. The summed E-state index contributed by atoms with van der Waals surface area (Å²) >= 11 is 3.56. The van der Waals surface area contributed by atoms with Crippen molar-refractivity contribution in [3.8, 4) is 0 Å². The van der Waals surface area contributed by atoms with Gasteiger partial charge >= 0.3 is 5.97 Å². The third kappa shape index (κ3) is 2.92. The van der Waals surface area contributed by atoms with Crippen LogP contribution >= 0.6 is 15.9 Å². The van der Waals surface area contributed by atoms with Gasteiger partial charge in [0.25, 0.3) is 0 Å². The first-order chi connectivity index (χ1) is 9.17. The molecule has 2 rings (SSSR count). The summed E-state index contributed by atoms with van der Waals surface area (Å²) in [6, 6.07) is 5.26. The molecule has 100 valence electrons. The molecule has 5 heteroatoms. The Labute approximate surface area is 120 Å². The highest BCUT2D eigenvalue weighted by Gasteiger charge is 2.11. The number of carbonyl (C=O) groups is 1. The number of benzene rings is 1. The molecule has 0 saturated carbocycles. The number of methoxy groups -OCH3 is 1. The molecular weight excluding hydrogens is 308 g/mol. The molecule has 0 spiro atoms. The van der Waals surface area contributed by atoms with Crippen molar-refractivity contribution in [2.24, 2.45) is 0 Å². The van der Waals surface area contributed by atoms with Crippen molar-refractivity contribution in [3.63, 3.8) is 0 Å². The van der Waals surface area contributed by atoms with Crippen molar-refractivity contribution >= 4 is 32.8 Å². The molecule has 0 unspecified atom stereocenters. The lowest BCUT2D eigenvalue weighted by Gasteiger charge is -2.07. The number of aromatic nitrogens is 2. The first kappa shape index (κ1) is 13.9. The number of unbranched alkanes of at least 4 members (excludes halogenated alkanes) is 1. The number of hydrogen-bond donors (Lipinski definition) is 0. The number of fused-ring (bicyclic) bond motifs is 1. The maximum absolute atomic E-state index is 11.6. The molecule has 0 saturated heterocycles. The highest BCUT2D eigenvalue weighted by Crippen LogP contribution is 2.26. The van der Waals surface area contributed by atoms with Gasteiger partial charge < -0.3 is 4.74 Å². The summed E-state index contributed by atoms with van der Waals surface area (Å²) in [6.07, 6.45) is 3.05. The fourth-order valence-corrected chi connectivity index (χ4v) is 2.46. The Hall–Kier alpha value is -1.49. The molecule has 19 heavy (non-hydrogen) atoms. The Bertz CT molecular complexity index is 614. The number of carbonyl (C=O) groups excluding carboxylic acids is 1. The van der Waals surface area contributed by atoms with Gasteiger partial charge in [0.1, 0.15) is 0 Å². The van der Waals surface area contributed by atoms with Gasteiger partial charge in [-0.1, -0.05) is 13.3 Å². The second-order valence-electron chi connectivity index (χ2n) is 4.29. The number of halogens is 1. The van der Waals surface area contributed by atoms with Crippen LogP contribution in [0, 0.1) is 0 Å². The quantitative estimate of drug-likeness (QED) is 0.808. The Morgan fingerprint density at radius 1 is 1.37 bits per heavy atom. The van der Waals surface area contributed by atoms with Crippen molar-refractivity contribution in [2.75, 3.05) is 7.11 Å². The standard InChI is InChI=1S/C14H15BrN2O2/c1-3-4-5-12-13(15)10-8-9(14(18)19-2)6-7-11(10)16-17-12/h6-8H,3-5H2,1-2H3. The van der Waals surface area contributed by atoms with Gasteiger partial charge in [-0.3, -0.25) is 0 Å². The van der Waals surface area contributed by atoms with E-state index in [0.29, 0.717) is 5.56 Å². The van der Waals surface area contributed by atoms with Crippen LogP contribution in [0.2, 0.25) is 0 Å². The van der Waals surface area contributed by atoms with Gasteiger partial charge in [0, 0.05) is 5.39 Å². The Morgan fingerprint density at radius 2 is 2.16 bits per heavy atom. The first-order valence-electron chi connectivity index (χ1n) is 6.20. The molecule has 0 aliphatic heterocycles. The fourth-order valence-electron chi connectivity index (χ4n) is 1.86. The monoisotopic (exact) mass is 322 g/mol. The minimum Gasteiger partial charge on any atom is -0.465 e. The predicted molar refractivity (Wildman–Crippen MR) is 77.2 cm³/mol. The van der Waals surface area contributed by atoms with Crippen LogP contribution in [0.25, 0.3) is 10.9 Å². The smallest absolute Gasteiger partial charge is 0.337 e. The highest BCUT2D eigenvalue weighted by atomic mass is 79.9. The van der Waals surface area contributed by atoms with E-state index in [1.54, 1.807) is 18.2 Å². The first-order valence-corrected chi connectivity index (χ1v) is 6.99. The molecule has 0 bridgehead atoms. The van der Waals surface area contributed by atoms with E-state index >= 15 is 0 Å². The van der Waals surface area contributed by atoms with Gasteiger partial charge in [-0.05, 0) is 47.0 Å². The van der Waals surface area contributed by atoms with Crippen molar-refractivity contribution in [1.82, 2.24) is 10.2 Å². The van der Waals surface area contributed by atoms with Crippen molar-refractivity contribution in [3.05, 3.63) is 33.9 Å². The summed E-state index contributed by atoms with van der Waals surface area (Å²) in [5.41, 5.74) is 2.21. The molecule has 1 aromatic heterocycles. The van der Waals surface area contributed by atoms with Crippen LogP contribution in [0.5, 0.6) is 0 Å². The van der Waals surface area contributed by atoms with E-state index in [-0.39, 0.29) is 5.97 Å². The van der Waals surface area contributed by atoms with E-state index in [2.05, 4.69) is 33.1 Å². The molecule has 0 fully saturated rings. The van der Waals surface area contributed by atoms with E-state index in [1.165, 1.54) is 7.11 Å². The molecule has 2 aromatic rings. The lowest BCUT2D eigenvalue weighted by atomic mass is 10.1. The molecule has 0 aliphatic carbocycles. The third-order valence-electron chi connectivity index (χ3n) is 2.95. The van der Waals surface area contributed by atoms with Crippen molar-refractivity contribution < 1.29 is 9.53 Å². The zero-order chi connectivity index (χ0) is 13.8. The minimum atomic E-state index is -0.347. The van der Waals surface area contributed by atoms with Gasteiger partial charge in [-0.25, -0.2) is 4.79 Å². The summed E-state index contributed by atoms with van der Waals surface area (Å²) in [4.78, 5) is 11.6. The van der Waals surface area contributed by atoms with E-state index < -0.39 is 0 Å². The van der Waals surface area contributed by atoms with Crippen LogP contribution in [-0.4, -0.2) is 23.3 Å². The summed E-state index contributed by atoms with van der Waals surface area (Å²) in [6.45, 7) is 2.14. The van der Waals surface area contributed by atoms with E-state index in [4.69, 9.17) is 4.74 Å². The summed E-state index contributed by atoms with van der Waals surface area (Å²) < 4.78 is 5.64. The van der Waals surface area contributed by atoms with Crippen LogP contribution in [-0.2, 0) is 11.2 Å². The molecule has 0 N–H and O–H groups in total. The maximum atomic E-state index is 11.6. The summed E-state index contributed by atoms with van der Waals surface area (Å²) in [5, 5.41) is 9.31. The average Bonchev–Trinajstić information content (AvgIpc) is 2.45. The number of aryl methyl sites for hydroxylation is 1. The predicted octanol–water partition coefficient (Wildman–Crippen LogP) is 3.52. The highest BCUT2D eigenvalue weighted by molar-refractivity contribution is 9.10. The molecule has 0 atom stereocenters. The lowest BCUT2D eigenvalue weighted by Crippen LogP contribution is -2.02. The lowest BCUT2D eigenvalue weighted by molar-refractivity contribution is 0.0601.